The highest BCUT2D eigenvalue weighted by Crippen LogP contribution is 2.27. The highest BCUT2D eigenvalue weighted by atomic mass is 32.2. The molecule has 1 amide bonds. The van der Waals surface area contributed by atoms with E-state index in [4.69, 9.17) is 4.74 Å². The first-order valence-corrected chi connectivity index (χ1v) is 13.0. The third kappa shape index (κ3) is 4.92. The molecule has 0 radical (unpaired) electrons. The van der Waals surface area contributed by atoms with Gasteiger partial charge in [0.1, 0.15) is 11.3 Å². The predicted octanol–water partition coefficient (Wildman–Crippen LogP) is 3.13. The molecule has 4 rings (SSSR count). The maximum Gasteiger partial charge on any atom is 0.243 e. The predicted molar refractivity (Wildman–Crippen MR) is 129 cm³/mol. The van der Waals surface area contributed by atoms with E-state index in [1.165, 1.54) is 4.31 Å². The van der Waals surface area contributed by atoms with Crippen molar-refractivity contribution in [1.29, 1.82) is 0 Å². The third-order valence-corrected chi connectivity index (χ3v) is 8.43. The lowest BCUT2D eigenvalue weighted by molar-refractivity contribution is -0.126. The summed E-state index contributed by atoms with van der Waals surface area (Å²) in [6, 6.07) is 12.7. The number of benzene rings is 2. The molecule has 1 aliphatic heterocycles. The molecule has 0 bridgehead atoms. The zero-order valence-corrected chi connectivity index (χ0v) is 20.6. The summed E-state index contributed by atoms with van der Waals surface area (Å²) in [6.07, 6.45) is 1.88. The van der Waals surface area contributed by atoms with Gasteiger partial charge in [0, 0.05) is 25.6 Å². The van der Waals surface area contributed by atoms with Crippen molar-refractivity contribution in [3.05, 3.63) is 48.0 Å². The van der Waals surface area contributed by atoms with Gasteiger partial charge in [-0.25, -0.2) is 13.1 Å². The molecule has 34 heavy (non-hydrogen) atoms. The van der Waals surface area contributed by atoms with Gasteiger partial charge in [-0.05, 0) is 62.1 Å². The first-order chi connectivity index (χ1) is 16.3. The summed E-state index contributed by atoms with van der Waals surface area (Å²) in [5.74, 6) is 0.515. The van der Waals surface area contributed by atoms with Crippen LogP contribution >= 0.6 is 0 Å². The van der Waals surface area contributed by atoms with Gasteiger partial charge in [0.05, 0.1) is 23.6 Å². The van der Waals surface area contributed by atoms with E-state index in [9.17, 15) is 13.2 Å². The summed E-state index contributed by atoms with van der Waals surface area (Å²) >= 11 is 0. The largest absolute Gasteiger partial charge is 0.497 e. The van der Waals surface area contributed by atoms with Crippen molar-refractivity contribution in [2.45, 2.75) is 50.6 Å². The van der Waals surface area contributed by atoms with Crippen LogP contribution in [0.4, 0.5) is 0 Å². The second-order valence-corrected chi connectivity index (χ2v) is 10.6. The highest BCUT2D eigenvalue weighted by molar-refractivity contribution is 7.89. The number of carbonyl (C=O) groups excluding carboxylic acids is 1. The molecule has 0 saturated carbocycles. The first-order valence-electron chi connectivity index (χ1n) is 11.6. The fourth-order valence-electron chi connectivity index (χ4n) is 4.16. The summed E-state index contributed by atoms with van der Waals surface area (Å²) in [6.45, 7) is 5.16. The Labute approximate surface area is 200 Å². The maximum absolute atomic E-state index is 13.2. The number of amides is 1. The van der Waals surface area contributed by atoms with Crippen LogP contribution in [0.15, 0.2) is 47.4 Å². The van der Waals surface area contributed by atoms with Crippen molar-refractivity contribution in [3.8, 4) is 5.75 Å². The van der Waals surface area contributed by atoms with E-state index in [1.54, 1.807) is 25.3 Å². The van der Waals surface area contributed by atoms with E-state index in [0.717, 1.165) is 23.3 Å². The van der Waals surface area contributed by atoms with E-state index in [-0.39, 0.29) is 22.8 Å². The van der Waals surface area contributed by atoms with Gasteiger partial charge in [0.25, 0.3) is 0 Å². The Hall–Kier alpha value is -2.98. The third-order valence-electron chi connectivity index (χ3n) is 6.54. The summed E-state index contributed by atoms with van der Waals surface area (Å²) < 4.78 is 34.9. The minimum atomic E-state index is -3.67. The van der Waals surface area contributed by atoms with Gasteiger partial charge in [-0.2, -0.15) is 4.31 Å². The van der Waals surface area contributed by atoms with Gasteiger partial charge in [-0.15, -0.1) is 5.10 Å². The lowest BCUT2D eigenvalue weighted by atomic mass is 9.97. The van der Waals surface area contributed by atoms with Crippen LogP contribution in [0.5, 0.6) is 5.75 Å². The topological polar surface area (TPSA) is 106 Å². The second kappa shape index (κ2) is 10.1. The molecule has 2 aromatic carbocycles. The van der Waals surface area contributed by atoms with E-state index >= 15 is 0 Å². The zero-order valence-electron chi connectivity index (χ0n) is 19.8. The van der Waals surface area contributed by atoms with Gasteiger partial charge in [0.15, 0.2) is 0 Å². The van der Waals surface area contributed by atoms with Crippen LogP contribution in [0.1, 0.15) is 44.7 Å². The number of nitrogens with zero attached hydrogens (tertiary/aromatic N) is 4. The molecule has 1 aliphatic rings. The average molecular weight is 486 g/mol. The van der Waals surface area contributed by atoms with Crippen molar-refractivity contribution in [1.82, 2.24) is 24.6 Å². The number of piperidine rings is 1. The van der Waals surface area contributed by atoms with E-state index < -0.39 is 10.0 Å². The molecule has 0 spiro atoms. The number of fused-ring (bicyclic) bond motifs is 1. The Bertz CT molecular complexity index is 1250. The minimum absolute atomic E-state index is 0.0454. The van der Waals surface area contributed by atoms with Crippen molar-refractivity contribution >= 4 is 27.0 Å². The monoisotopic (exact) mass is 485 g/mol. The highest BCUT2D eigenvalue weighted by Gasteiger charge is 2.32. The summed E-state index contributed by atoms with van der Waals surface area (Å²) in [4.78, 5) is 12.8. The number of hydrogen-bond acceptors (Lipinski definition) is 6. The fraction of sp³-hybridized carbons (Fsp3) is 0.458. The summed E-state index contributed by atoms with van der Waals surface area (Å²) in [5.41, 5.74) is 2.37. The van der Waals surface area contributed by atoms with Crippen LogP contribution in [0.25, 0.3) is 11.0 Å². The second-order valence-electron chi connectivity index (χ2n) is 8.69. The first kappa shape index (κ1) is 24.2. The average Bonchev–Trinajstić information content (AvgIpc) is 3.30. The number of carbonyl (C=O) groups is 1. The Morgan fingerprint density at radius 1 is 1.18 bits per heavy atom. The maximum atomic E-state index is 13.2. The molecule has 1 atom stereocenters. The Balaban J connectivity index is 1.36. The number of hydrogen-bond donors (Lipinski definition) is 1. The lowest BCUT2D eigenvalue weighted by Crippen LogP contribution is -2.42. The van der Waals surface area contributed by atoms with Gasteiger partial charge in [-0.1, -0.05) is 24.3 Å². The van der Waals surface area contributed by atoms with E-state index in [0.29, 0.717) is 38.0 Å². The number of ether oxygens (including phenoxy) is 1. The quantitative estimate of drug-likeness (QED) is 0.525. The normalized spacial score (nSPS) is 16.4. The van der Waals surface area contributed by atoms with Crippen molar-refractivity contribution in [3.63, 3.8) is 0 Å². The zero-order chi connectivity index (χ0) is 24.3. The van der Waals surface area contributed by atoms with Crippen LogP contribution in [0.3, 0.4) is 0 Å². The van der Waals surface area contributed by atoms with Gasteiger partial charge in [0.2, 0.25) is 15.9 Å². The van der Waals surface area contributed by atoms with Gasteiger partial charge >= 0.3 is 0 Å². The van der Waals surface area contributed by atoms with E-state index in [2.05, 4.69) is 29.5 Å². The Morgan fingerprint density at radius 3 is 2.53 bits per heavy atom. The molecule has 1 N–H and O–H groups in total. The molecule has 9 nitrogen and oxygen atoms in total. The smallest absolute Gasteiger partial charge is 0.243 e. The number of sulfonamides is 1. The lowest BCUT2D eigenvalue weighted by Gasteiger charge is -2.30. The number of rotatable bonds is 8. The SMILES string of the molecule is CCC(C)n1nnc2cc(S(=O)(=O)N3CCC(C(=O)NCc4ccc(OC)cc4)CC3)ccc21. The summed E-state index contributed by atoms with van der Waals surface area (Å²) in [5, 5.41) is 11.3. The number of methoxy groups -OCH3 is 1. The van der Waals surface area contributed by atoms with Crippen molar-refractivity contribution in [2.75, 3.05) is 20.2 Å². The molecule has 0 aliphatic carbocycles. The molecule has 10 heteroatoms. The molecule has 1 unspecified atom stereocenters. The van der Waals surface area contributed by atoms with Gasteiger partial charge in [-0.3, -0.25) is 4.79 Å². The Morgan fingerprint density at radius 2 is 1.88 bits per heavy atom. The van der Waals surface area contributed by atoms with Crippen LogP contribution in [0, 0.1) is 5.92 Å². The summed E-state index contributed by atoms with van der Waals surface area (Å²) in [7, 11) is -2.06. The molecule has 2 heterocycles. The van der Waals surface area contributed by atoms with Crippen LogP contribution < -0.4 is 10.1 Å². The molecular weight excluding hydrogens is 454 g/mol. The van der Waals surface area contributed by atoms with Crippen LogP contribution in [-0.4, -0.2) is 53.8 Å². The molecule has 1 fully saturated rings. The minimum Gasteiger partial charge on any atom is -0.497 e. The van der Waals surface area contributed by atoms with Gasteiger partial charge < -0.3 is 10.1 Å². The Kier molecular flexibility index (Phi) is 7.18. The number of nitrogens with one attached hydrogen (secondary N) is 1. The fourth-order valence-corrected chi connectivity index (χ4v) is 5.66. The standard InChI is InChI=1S/C24H31N5O4S/c1-4-17(2)29-23-10-9-21(15-22(23)26-27-29)34(31,32)28-13-11-19(12-14-28)24(30)25-16-18-5-7-20(33-3)8-6-18/h5-10,15,17,19H,4,11-14,16H2,1-3H3,(H,25,30). The molecule has 1 saturated heterocycles. The molecular formula is C24H31N5O4S. The van der Waals surface area contributed by atoms with E-state index in [1.807, 2.05) is 28.9 Å². The molecule has 1 aromatic heterocycles. The molecule has 182 valence electrons. The van der Waals surface area contributed by atoms with Crippen LogP contribution in [0.2, 0.25) is 0 Å². The van der Waals surface area contributed by atoms with Crippen molar-refractivity contribution < 1.29 is 17.9 Å². The number of aromatic nitrogens is 3. The van der Waals surface area contributed by atoms with Crippen LogP contribution in [-0.2, 0) is 21.4 Å². The molecule has 3 aromatic rings. The van der Waals surface area contributed by atoms with Crippen molar-refractivity contribution in [2.24, 2.45) is 5.92 Å².